The van der Waals surface area contributed by atoms with E-state index in [1.807, 2.05) is 24.0 Å². The highest BCUT2D eigenvalue weighted by atomic mass is 16.4. The zero-order chi connectivity index (χ0) is 12.7. The lowest BCUT2D eigenvalue weighted by molar-refractivity contribution is -0.136. The average molecular weight is 235 g/mol. The fraction of sp³-hybridized carbons (Fsp3) is 0.385. The Morgan fingerprint density at radius 2 is 1.94 bits per heavy atom. The zero-order valence-electron chi connectivity index (χ0n) is 9.93. The molecule has 1 N–H and O–H groups in total. The molecule has 17 heavy (non-hydrogen) atoms. The van der Waals surface area contributed by atoms with Crippen molar-refractivity contribution in [1.29, 1.82) is 0 Å². The summed E-state index contributed by atoms with van der Waals surface area (Å²) < 4.78 is 0. The first-order chi connectivity index (χ1) is 8.17. The van der Waals surface area contributed by atoms with E-state index >= 15 is 0 Å². The second-order valence-electron chi connectivity index (χ2n) is 3.84. The van der Waals surface area contributed by atoms with E-state index in [-0.39, 0.29) is 6.42 Å². The van der Waals surface area contributed by atoms with Crippen molar-refractivity contribution in [1.82, 2.24) is 0 Å². The Hall–Kier alpha value is -1.84. The van der Waals surface area contributed by atoms with Gasteiger partial charge in [-0.15, -0.1) is 0 Å². The van der Waals surface area contributed by atoms with Gasteiger partial charge in [-0.25, -0.2) is 0 Å². The van der Waals surface area contributed by atoms with E-state index in [9.17, 15) is 9.59 Å². The lowest BCUT2D eigenvalue weighted by Gasteiger charge is -2.23. The molecular weight excluding hydrogens is 218 g/mol. The number of benzene rings is 1. The molecule has 1 aromatic rings. The minimum absolute atomic E-state index is 0.120. The second-order valence-corrected chi connectivity index (χ2v) is 3.84. The van der Waals surface area contributed by atoms with Crippen LogP contribution >= 0.6 is 0 Å². The van der Waals surface area contributed by atoms with Gasteiger partial charge in [0.1, 0.15) is 6.29 Å². The topological polar surface area (TPSA) is 57.6 Å². The maximum Gasteiger partial charge on any atom is 0.305 e. The molecule has 0 amide bonds. The molecular formula is C13H17NO3. The van der Waals surface area contributed by atoms with Crippen molar-refractivity contribution in [3.8, 4) is 0 Å². The van der Waals surface area contributed by atoms with Crippen molar-refractivity contribution in [3.63, 3.8) is 0 Å². The number of carboxylic acids is 1. The third-order valence-corrected chi connectivity index (χ3v) is 2.48. The molecule has 4 heteroatoms. The molecule has 0 radical (unpaired) electrons. The number of rotatable bonds is 7. The summed E-state index contributed by atoms with van der Waals surface area (Å²) in [5.41, 5.74) is 1.59. The first-order valence-corrected chi connectivity index (χ1v) is 5.69. The molecule has 92 valence electrons. The standard InChI is InChI=1S/C13H17NO3/c1-2-8-14(9-7-13(16)17)12-5-3-11(10-15)4-6-12/h3-6,10H,2,7-9H2,1H3,(H,16,17). The summed E-state index contributed by atoms with van der Waals surface area (Å²) in [6.45, 7) is 3.35. The van der Waals surface area contributed by atoms with Gasteiger partial charge in [0.25, 0.3) is 0 Å². The van der Waals surface area contributed by atoms with Crippen molar-refractivity contribution in [2.24, 2.45) is 0 Å². The van der Waals surface area contributed by atoms with Crippen LogP contribution in [0.25, 0.3) is 0 Å². The van der Waals surface area contributed by atoms with Gasteiger partial charge in [0.15, 0.2) is 0 Å². The summed E-state index contributed by atoms with van der Waals surface area (Å²) in [5, 5.41) is 8.69. The maximum atomic E-state index is 10.6. The summed E-state index contributed by atoms with van der Waals surface area (Å²) in [5.74, 6) is -0.796. The molecule has 0 fully saturated rings. The number of anilines is 1. The number of carboxylic acid groups (broad SMARTS) is 1. The van der Waals surface area contributed by atoms with Crippen LogP contribution < -0.4 is 4.90 Å². The van der Waals surface area contributed by atoms with E-state index in [1.54, 1.807) is 12.1 Å². The predicted octanol–water partition coefficient (Wildman–Crippen LogP) is 2.19. The molecule has 4 nitrogen and oxygen atoms in total. The van der Waals surface area contributed by atoms with Gasteiger partial charge >= 0.3 is 5.97 Å². The molecule has 0 aliphatic carbocycles. The molecule has 0 saturated carbocycles. The van der Waals surface area contributed by atoms with Crippen LogP contribution in [-0.2, 0) is 4.79 Å². The van der Waals surface area contributed by atoms with E-state index in [0.717, 1.165) is 24.9 Å². The largest absolute Gasteiger partial charge is 0.481 e. The summed E-state index contributed by atoms with van der Waals surface area (Å²) in [4.78, 5) is 23.1. The van der Waals surface area contributed by atoms with Gasteiger partial charge in [-0.1, -0.05) is 6.92 Å². The van der Waals surface area contributed by atoms with Gasteiger partial charge in [-0.05, 0) is 30.7 Å². The Morgan fingerprint density at radius 3 is 2.41 bits per heavy atom. The fourth-order valence-corrected chi connectivity index (χ4v) is 1.63. The summed E-state index contributed by atoms with van der Waals surface area (Å²) >= 11 is 0. The number of carbonyl (C=O) groups is 2. The summed E-state index contributed by atoms with van der Waals surface area (Å²) in [6.07, 6.45) is 1.87. The number of nitrogens with zero attached hydrogens (tertiary/aromatic N) is 1. The third kappa shape index (κ3) is 4.26. The predicted molar refractivity (Wildman–Crippen MR) is 66.6 cm³/mol. The number of aliphatic carboxylic acids is 1. The Labute approximate surface area is 101 Å². The zero-order valence-corrected chi connectivity index (χ0v) is 9.93. The highest BCUT2D eigenvalue weighted by Gasteiger charge is 2.07. The number of hydrogen-bond donors (Lipinski definition) is 1. The van der Waals surface area contributed by atoms with Gasteiger partial charge < -0.3 is 10.0 Å². The van der Waals surface area contributed by atoms with E-state index < -0.39 is 5.97 Å². The third-order valence-electron chi connectivity index (χ3n) is 2.48. The Morgan fingerprint density at radius 1 is 1.29 bits per heavy atom. The average Bonchev–Trinajstić information content (AvgIpc) is 2.34. The first-order valence-electron chi connectivity index (χ1n) is 5.69. The van der Waals surface area contributed by atoms with Crippen molar-refractivity contribution < 1.29 is 14.7 Å². The minimum Gasteiger partial charge on any atom is -0.481 e. The number of hydrogen-bond acceptors (Lipinski definition) is 3. The van der Waals surface area contributed by atoms with Gasteiger partial charge in [0.05, 0.1) is 6.42 Å². The molecule has 0 aliphatic rings. The second kappa shape index (κ2) is 6.68. The minimum atomic E-state index is -0.796. The molecule has 0 aromatic heterocycles. The van der Waals surface area contributed by atoms with Crippen LogP contribution in [0, 0.1) is 0 Å². The lowest BCUT2D eigenvalue weighted by atomic mass is 10.2. The molecule has 1 aromatic carbocycles. The van der Waals surface area contributed by atoms with Crippen LogP contribution in [0.3, 0.4) is 0 Å². The summed E-state index contributed by atoms with van der Waals surface area (Å²) in [6, 6.07) is 7.18. The van der Waals surface area contributed by atoms with Gasteiger partial charge in [0.2, 0.25) is 0 Å². The molecule has 0 saturated heterocycles. The quantitative estimate of drug-likeness (QED) is 0.736. The van der Waals surface area contributed by atoms with Crippen molar-refractivity contribution >= 4 is 17.9 Å². The van der Waals surface area contributed by atoms with Crippen molar-refractivity contribution in [2.75, 3.05) is 18.0 Å². The smallest absolute Gasteiger partial charge is 0.305 e. The van der Waals surface area contributed by atoms with E-state index in [1.165, 1.54) is 0 Å². The molecule has 0 atom stereocenters. The van der Waals surface area contributed by atoms with Gasteiger partial charge in [-0.2, -0.15) is 0 Å². The van der Waals surface area contributed by atoms with Gasteiger partial charge in [0, 0.05) is 24.3 Å². The Balaban J connectivity index is 2.73. The van der Waals surface area contributed by atoms with Crippen LogP contribution in [-0.4, -0.2) is 30.5 Å². The monoisotopic (exact) mass is 235 g/mol. The van der Waals surface area contributed by atoms with Crippen LogP contribution in [0.2, 0.25) is 0 Å². The highest BCUT2D eigenvalue weighted by molar-refractivity contribution is 5.75. The summed E-state index contributed by atoms with van der Waals surface area (Å²) in [7, 11) is 0. The Kier molecular flexibility index (Phi) is 5.20. The normalized spacial score (nSPS) is 9.94. The van der Waals surface area contributed by atoms with Gasteiger partial charge in [-0.3, -0.25) is 9.59 Å². The molecule has 0 bridgehead atoms. The molecule has 0 heterocycles. The molecule has 1 rings (SSSR count). The van der Waals surface area contributed by atoms with Crippen LogP contribution in [0.1, 0.15) is 30.1 Å². The van der Waals surface area contributed by atoms with E-state index in [0.29, 0.717) is 12.1 Å². The number of carbonyl (C=O) groups excluding carboxylic acids is 1. The lowest BCUT2D eigenvalue weighted by Crippen LogP contribution is -2.26. The first kappa shape index (κ1) is 13.2. The van der Waals surface area contributed by atoms with Crippen LogP contribution in [0.5, 0.6) is 0 Å². The molecule has 0 aliphatic heterocycles. The fourth-order valence-electron chi connectivity index (χ4n) is 1.63. The van der Waals surface area contributed by atoms with Crippen LogP contribution in [0.4, 0.5) is 5.69 Å². The Bertz CT molecular complexity index is 373. The molecule has 0 spiro atoms. The van der Waals surface area contributed by atoms with Crippen molar-refractivity contribution in [2.45, 2.75) is 19.8 Å². The molecule has 0 unspecified atom stereocenters. The maximum absolute atomic E-state index is 10.6. The van der Waals surface area contributed by atoms with Crippen LogP contribution in [0.15, 0.2) is 24.3 Å². The van der Waals surface area contributed by atoms with E-state index in [4.69, 9.17) is 5.11 Å². The van der Waals surface area contributed by atoms with E-state index in [2.05, 4.69) is 0 Å². The number of aldehydes is 1. The highest BCUT2D eigenvalue weighted by Crippen LogP contribution is 2.15. The van der Waals surface area contributed by atoms with Crippen molar-refractivity contribution in [3.05, 3.63) is 29.8 Å². The SMILES string of the molecule is CCCN(CCC(=O)O)c1ccc(C=O)cc1.